The van der Waals surface area contributed by atoms with Crippen molar-refractivity contribution in [1.82, 2.24) is 20.9 Å². The molecule has 0 saturated carbocycles. The van der Waals surface area contributed by atoms with Crippen LogP contribution in [0.1, 0.15) is 50.0 Å². The van der Waals surface area contributed by atoms with Crippen molar-refractivity contribution < 1.29 is 9.59 Å². The highest BCUT2D eigenvalue weighted by Crippen LogP contribution is 2.06. The molecule has 0 atom stereocenters. The van der Waals surface area contributed by atoms with Crippen LogP contribution in [-0.4, -0.2) is 61.4 Å². The number of hydrogen-bond donors (Lipinski definition) is 4. The molecule has 5 N–H and O–H groups in total. The zero-order chi connectivity index (χ0) is 21.8. The minimum atomic E-state index is -0.570. The van der Waals surface area contributed by atoms with E-state index in [4.69, 9.17) is 5.73 Å². The highest BCUT2D eigenvalue weighted by atomic mass is 16.2. The van der Waals surface area contributed by atoms with Crippen LogP contribution in [-0.2, 0) is 11.3 Å². The number of amides is 2. The predicted octanol–water partition coefficient (Wildman–Crippen LogP) is 1.08. The molecule has 0 bridgehead atoms. The van der Waals surface area contributed by atoms with Crippen molar-refractivity contribution in [2.24, 2.45) is 10.7 Å². The van der Waals surface area contributed by atoms with Crippen LogP contribution < -0.4 is 21.7 Å². The van der Waals surface area contributed by atoms with Crippen LogP contribution in [0.25, 0.3) is 0 Å². The van der Waals surface area contributed by atoms with Crippen molar-refractivity contribution in [3.05, 3.63) is 35.4 Å². The van der Waals surface area contributed by atoms with Gasteiger partial charge in [0.15, 0.2) is 5.96 Å². The Morgan fingerprint density at radius 1 is 1.03 bits per heavy atom. The monoisotopic (exact) mass is 404 g/mol. The summed E-state index contributed by atoms with van der Waals surface area (Å²) in [6.45, 7) is 11.2. The Bertz CT molecular complexity index is 662. The number of rotatable bonds is 11. The first-order valence-corrected chi connectivity index (χ1v) is 10.1. The van der Waals surface area contributed by atoms with Gasteiger partial charge in [-0.25, -0.2) is 0 Å². The highest BCUT2D eigenvalue weighted by Gasteiger charge is 2.12. The number of nitrogens with two attached hydrogens (primary N) is 1. The molecule has 0 radical (unpaired) electrons. The van der Waals surface area contributed by atoms with E-state index in [-0.39, 0.29) is 12.5 Å². The molecule has 8 nitrogen and oxygen atoms in total. The molecule has 0 aliphatic rings. The van der Waals surface area contributed by atoms with Crippen LogP contribution in [0.5, 0.6) is 0 Å². The van der Waals surface area contributed by atoms with Gasteiger partial charge < -0.3 is 21.7 Å². The lowest BCUT2D eigenvalue weighted by Crippen LogP contribution is -2.41. The molecule has 1 aromatic rings. The van der Waals surface area contributed by atoms with Crippen molar-refractivity contribution in [3.8, 4) is 0 Å². The molecule has 0 aliphatic heterocycles. The van der Waals surface area contributed by atoms with Gasteiger partial charge in [0.25, 0.3) is 5.91 Å². The summed E-state index contributed by atoms with van der Waals surface area (Å²) in [5, 5.41) is 9.07. The van der Waals surface area contributed by atoms with Crippen LogP contribution in [0.2, 0.25) is 0 Å². The van der Waals surface area contributed by atoms with Crippen molar-refractivity contribution in [2.45, 2.75) is 52.7 Å². The molecule has 1 rings (SSSR count). The summed E-state index contributed by atoms with van der Waals surface area (Å²) in [4.78, 5) is 29.3. The maximum absolute atomic E-state index is 11.9. The van der Waals surface area contributed by atoms with Gasteiger partial charge in [-0.05, 0) is 51.8 Å². The van der Waals surface area contributed by atoms with Crippen molar-refractivity contribution >= 4 is 17.8 Å². The van der Waals surface area contributed by atoms with Crippen molar-refractivity contribution in [2.75, 3.05) is 26.7 Å². The zero-order valence-electron chi connectivity index (χ0n) is 18.3. The number of aliphatic imine (C=N–C) groups is 1. The number of primary amides is 1. The number of carbonyl (C=O) groups excluding carboxylic acids is 2. The first-order chi connectivity index (χ1) is 13.7. The first kappa shape index (κ1) is 24.4. The van der Waals surface area contributed by atoms with Gasteiger partial charge in [0.2, 0.25) is 5.91 Å². The first-order valence-electron chi connectivity index (χ1n) is 10.1. The molecule has 2 amide bonds. The summed E-state index contributed by atoms with van der Waals surface area (Å²) in [5.41, 5.74) is 6.53. The van der Waals surface area contributed by atoms with E-state index in [9.17, 15) is 9.59 Å². The molecule has 29 heavy (non-hydrogen) atoms. The molecular formula is C21H36N6O2. The Hall–Kier alpha value is -2.61. The van der Waals surface area contributed by atoms with E-state index in [0.717, 1.165) is 31.0 Å². The maximum Gasteiger partial charge on any atom is 0.251 e. The number of benzene rings is 1. The fraction of sp³-hybridized carbons (Fsp3) is 0.571. The van der Waals surface area contributed by atoms with E-state index < -0.39 is 5.91 Å². The molecule has 0 heterocycles. The molecule has 0 saturated heterocycles. The van der Waals surface area contributed by atoms with E-state index in [2.05, 4.69) is 53.5 Å². The summed E-state index contributed by atoms with van der Waals surface area (Å²) in [5.74, 6) is -0.147. The predicted molar refractivity (Wildman–Crippen MR) is 118 cm³/mol. The molecule has 0 aliphatic carbocycles. The molecular weight excluding hydrogens is 368 g/mol. The number of carbonyl (C=O) groups is 2. The Balaban J connectivity index is 2.40. The molecule has 162 valence electrons. The van der Waals surface area contributed by atoms with Gasteiger partial charge in [0, 0.05) is 44.3 Å². The second-order valence-corrected chi connectivity index (χ2v) is 7.48. The van der Waals surface area contributed by atoms with Crippen LogP contribution in [0.4, 0.5) is 0 Å². The molecule has 0 spiro atoms. The maximum atomic E-state index is 11.9. The second-order valence-electron chi connectivity index (χ2n) is 7.48. The average Bonchev–Trinajstić information content (AvgIpc) is 2.68. The van der Waals surface area contributed by atoms with Crippen LogP contribution in [0, 0.1) is 0 Å². The number of hydrogen-bond acceptors (Lipinski definition) is 4. The Morgan fingerprint density at radius 3 is 2.17 bits per heavy atom. The second kappa shape index (κ2) is 12.8. The number of nitrogens with one attached hydrogen (secondary N) is 3. The van der Waals surface area contributed by atoms with Crippen LogP contribution >= 0.6 is 0 Å². The summed E-state index contributed by atoms with van der Waals surface area (Å²) >= 11 is 0. The van der Waals surface area contributed by atoms with E-state index in [1.807, 2.05) is 12.1 Å². The Labute approximate surface area is 174 Å². The lowest BCUT2D eigenvalue weighted by molar-refractivity contribution is -0.117. The SMILES string of the molecule is CN=C(NCCCN(C(C)C)C(C)C)NCc1ccc(C(=O)NCC(N)=O)cc1. The van der Waals surface area contributed by atoms with Gasteiger partial charge in [-0.3, -0.25) is 19.5 Å². The van der Waals surface area contributed by atoms with Crippen molar-refractivity contribution in [1.29, 1.82) is 0 Å². The quantitative estimate of drug-likeness (QED) is 0.250. The summed E-state index contributed by atoms with van der Waals surface area (Å²) < 4.78 is 0. The standard InChI is InChI=1S/C21H36N6O2/c1-15(2)27(16(3)4)12-6-11-24-21(23-5)26-13-17-7-9-18(10-8-17)20(29)25-14-19(22)28/h7-10,15-16H,6,11-14H2,1-5H3,(H2,22,28)(H,25,29)(H2,23,24,26). The third-order valence-electron chi connectivity index (χ3n) is 4.53. The van der Waals surface area contributed by atoms with E-state index in [1.165, 1.54) is 0 Å². The van der Waals surface area contributed by atoms with Gasteiger partial charge in [-0.15, -0.1) is 0 Å². The van der Waals surface area contributed by atoms with Gasteiger partial charge >= 0.3 is 0 Å². The average molecular weight is 405 g/mol. The van der Waals surface area contributed by atoms with Crippen LogP contribution in [0.3, 0.4) is 0 Å². The summed E-state index contributed by atoms with van der Waals surface area (Å²) in [7, 11) is 1.75. The topological polar surface area (TPSA) is 112 Å². The van der Waals surface area contributed by atoms with Gasteiger partial charge in [0.1, 0.15) is 0 Å². The third-order valence-corrected chi connectivity index (χ3v) is 4.53. The molecule has 1 aromatic carbocycles. The summed E-state index contributed by atoms with van der Waals surface area (Å²) in [6, 6.07) is 8.23. The minimum Gasteiger partial charge on any atom is -0.368 e. The van der Waals surface area contributed by atoms with Crippen LogP contribution in [0.15, 0.2) is 29.3 Å². The Kier molecular flexibility index (Phi) is 10.8. The van der Waals surface area contributed by atoms with Gasteiger partial charge in [0.05, 0.1) is 6.54 Å². The van der Waals surface area contributed by atoms with Gasteiger partial charge in [-0.1, -0.05) is 12.1 Å². The van der Waals surface area contributed by atoms with E-state index >= 15 is 0 Å². The highest BCUT2D eigenvalue weighted by molar-refractivity contribution is 5.96. The van der Waals surface area contributed by atoms with Gasteiger partial charge in [-0.2, -0.15) is 0 Å². The normalized spacial score (nSPS) is 11.8. The third kappa shape index (κ3) is 9.43. The lowest BCUT2D eigenvalue weighted by atomic mass is 10.1. The van der Waals surface area contributed by atoms with E-state index in [1.54, 1.807) is 19.2 Å². The smallest absolute Gasteiger partial charge is 0.251 e. The molecule has 0 fully saturated rings. The number of guanidine groups is 1. The largest absolute Gasteiger partial charge is 0.368 e. The molecule has 0 unspecified atom stereocenters. The summed E-state index contributed by atoms with van der Waals surface area (Å²) in [6.07, 6.45) is 1.03. The van der Waals surface area contributed by atoms with E-state index in [0.29, 0.717) is 24.2 Å². The van der Waals surface area contributed by atoms with Crippen molar-refractivity contribution in [3.63, 3.8) is 0 Å². The zero-order valence-corrected chi connectivity index (χ0v) is 18.3. The minimum absolute atomic E-state index is 0.170. The fourth-order valence-electron chi connectivity index (χ4n) is 3.03. The lowest BCUT2D eigenvalue weighted by Gasteiger charge is -2.30. The molecule has 0 aromatic heterocycles. The Morgan fingerprint density at radius 2 is 1.66 bits per heavy atom. The molecule has 8 heteroatoms. The number of nitrogens with zero attached hydrogens (tertiary/aromatic N) is 2. The fourth-order valence-corrected chi connectivity index (χ4v) is 3.03.